The standard InChI is InChI=1S/C16H23NO5S/c1-4-6-17(13-5-7-23(19,20)11-13)16(18)12-8-14(21-2)10-15(9-12)22-3/h8-10,13H,4-7,11H2,1-3H3/t13-/m1/s1. The van der Waals surface area contributed by atoms with Gasteiger partial charge in [-0.25, -0.2) is 8.42 Å². The van der Waals surface area contributed by atoms with Crippen LogP contribution >= 0.6 is 0 Å². The van der Waals surface area contributed by atoms with Gasteiger partial charge in [0.25, 0.3) is 5.91 Å². The number of hydrogen-bond acceptors (Lipinski definition) is 5. The number of benzene rings is 1. The van der Waals surface area contributed by atoms with E-state index in [4.69, 9.17) is 9.47 Å². The summed E-state index contributed by atoms with van der Waals surface area (Å²) in [5, 5.41) is 0. The van der Waals surface area contributed by atoms with E-state index in [0.717, 1.165) is 6.42 Å². The van der Waals surface area contributed by atoms with E-state index in [1.807, 2.05) is 6.92 Å². The normalized spacial score (nSPS) is 19.3. The minimum absolute atomic E-state index is 0.0415. The Morgan fingerprint density at radius 3 is 2.26 bits per heavy atom. The van der Waals surface area contributed by atoms with Crippen LogP contribution in [0.5, 0.6) is 11.5 Å². The molecule has 128 valence electrons. The summed E-state index contributed by atoms with van der Waals surface area (Å²) in [6.45, 7) is 2.49. The Morgan fingerprint density at radius 2 is 1.83 bits per heavy atom. The molecule has 0 aromatic heterocycles. The van der Waals surface area contributed by atoms with Crippen LogP contribution in [0.4, 0.5) is 0 Å². The number of nitrogens with zero attached hydrogens (tertiary/aromatic N) is 1. The van der Waals surface area contributed by atoms with Gasteiger partial charge in [-0.1, -0.05) is 6.92 Å². The number of methoxy groups -OCH3 is 2. The van der Waals surface area contributed by atoms with Gasteiger partial charge in [-0.2, -0.15) is 0 Å². The van der Waals surface area contributed by atoms with E-state index in [1.54, 1.807) is 23.1 Å². The van der Waals surface area contributed by atoms with E-state index in [2.05, 4.69) is 0 Å². The van der Waals surface area contributed by atoms with Crippen molar-refractivity contribution in [1.82, 2.24) is 4.90 Å². The third-order valence-electron chi connectivity index (χ3n) is 3.97. The Bertz CT molecular complexity index is 649. The Hall–Kier alpha value is -1.76. The lowest BCUT2D eigenvalue weighted by molar-refractivity contribution is 0.0696. The van der Waals surface area contributed by atoms with Crippen LogP contribution < -0.4 is 9.47 Å². The number of sulfone groups is 1. The molecule has 1 amide bonds. The number of carbonyl (C=O) groups is 1. The first-order valence-corrected chi connectivity index (χ1v) is 9.46. The molecule has 0 aliphatic carbocycles. The topological polar surface area (TPSA) is 72.9 Å². The van der Waals surface area contributed by atoms with Gasteiger partial charge in [0.15, 0.2) is 9.84 Å². The Labute approximate surface area is 137 Å². The molecule has 0 bridgehead atoms. The van der Waals surface area contributed by atoms with Gasteiger partial charge in [0.2, 0.25) is 0 Å². The first-order valence-electron chi connectivity index (χ1n) is 7.64. The third-order valence-corrected chi connectivity index (χ3v) is 5.72. The lowest BCUT2D eigenvalue weighted by Crippen LogP contribution is -2.41. The fourth-order valence-corrected chi connectivity index (χ4v) is 4.54. The predicted molar refractivity (Wildman–Crippen MR) is 87.9 cm³/mol. The minimum Gasteiger partial charge on any atom is -0.497 e. The quantitative estimate of drug-likeness (QED) is 0.788. The van der Waals surface area contributed by atoms with E-state index in [1.165, 1.54) is 14.2 Å². The second-order valence-electron chi connectivity index (χ2n) is 5.66. The summed E-state index contributed by atoms with van der Waals surface area (Å²) in [5.74, 6) is 1.06. The Morgan fingerprint density at radius 1 is 1.22 bits per heavy atom. The molecule has 1 aromatic carbocycles. The van der Waals surface area contributed by atoms with Crippen molar-refractivity contribution in [2.45, 2.75) is 25.8 Å². The summed E-state index contributed by atoms with van der Waals surface area (Å²) in [6, 6.07) is 4.74. The molecule has 0 radical (unpaired) electrons. The van der Waals surface area contributed by atoms with Gasteiger partial charge < -0.3 is 14.4 Å². The van der Waals surface area contributed by atoms with Gasteiger partial charge in [0.05, 0.1) is 25.7 Å². The highest BCUT2D eigenvalue weighted by molar-refractivity contribution is 7.91. The smallest absolute Gasteiger partial charge is 0.254 e. The molecule has 0 spiro atoms. The van der Waals surface area contributed by atoms with Crippen molar-refractivity contribution in [2.75, 3.05) is 32.3 Å². The molecule has 1 fully saturated rings. The second-order valence-corrected chi connectivity index (χ2v) is 7.89. The van der Waals surface area contributed by atoms with Crippen molar-refractivity contribution in [3.8, 4) is 11.5 Å². The lowest BCUT2D eigenvalue weighted by Gasteiger charge is -2.28. The van der Waals surface area contributed by atoms with Crippen molar-refractivity contribution in [1.29, 1.82) is 0 Å². The first-order chi connectivity index (χ1) is 10.9. The van der Waals surface area contributed by atoms with Crippen LogP contribution in [-0.2, 0) is 9.84 Å². The molecule has 0 saturated carbocycles. The van der Waals surface area contributed by atoms with Crippen LogP contribution in [-0.4, -0.2) is 57.5 Å². The maximum absolute atomic E-state index is 12.9. The summed E-state index contributed by atoms with van der Waals surface area (Å²) in [6.07, 6.45) is 1.26. The molecule has 1 aromatic rings. The number of carbonyl (C=O) groups excluding carboxylic acids is 1. The molecular weight excluding hydrogens is 318 g/mol. The lowest BCUT2D eigenvalue weighted by atomic mass is 10.1. The summed E-state index contributed by atoms with van der Waals surface area (Å²) < 4.78 is 33.9. The highest BCUT2D eigenvalue weighted by Gasteiger charge is 2.34. The molecule has 6 nitrogen and oxygen atoms in total. The molecule has 1 atom stereocenters. The average molecular weight is 341 g/mol. The van der Waals surface area contributed by atoms with Crippen LogP contribution in [0.15, 0.2) is 18.2 Å². The maximum atomic E-state index is 12.9. The summed E-state index contributed by atoms with van der Waals surface area (Å²) in [7, 11) is 0.00495. The average Bonchev–Trinajstić information content (AvgIpc) is 2.91. The van der Waals surface area contributed by atoms with Gasteiger partial charge in [-0.05, 0) is 25.0 Å². The van der Waals surface area contributed by atoms with Crippen molar-refractivity contribution < 1.29 is 22.7 Å². The van der Waals surface area contributed by atoms with E-state index in [0.29, 0.717) is 30.0 Å². The molecular formula is C16H23NO5S. The van der Waals surface area contributed by atoms with Crippen LogP contribution in [0.1, 0.15) is 30.1 Å². The zero-order valence-corrected chi connectivity index (χ0v) is 14.6. The van der Waals surface area contributed by atoms with Gasteiger partial charge >= 0.3 is 0 Å². The summed E-state index contributed by atoms with van der Waals surface area (Å²) in [4.78, 5) is 14.6. The molecule has 0 unspecified atom stereocenters. The fourth-order valence-electron chi connectivity index (χ4n) is 2.81. The van der Waals surface area contributed by atoms with Gasteiger partial charge in [-0.15, -0.1) is 0 Å². The van der Waals surface area contributed by atoms with E-state index >= 15 is 0 Å². The zero-order valence-electron chi connectivity index (χ0n) is 13.7. The summed E-state index contributed by atoms with van der Waals surface area (Å²) >= 11 is 0. The molecule has 2 rings (SSSR count). The van der Waals surface area contributed by atoms with Crippen LogP contribution in [0, 0.1) is 0 Å². The number of ether oxygens (including phenoxy) is 2. The monoisotopic (exact) mass is 341 g/mol. The van der Waals surface area contributed by atoms with Crippen LogP contribution in [0.2, 0.25) is 0 Å². The highest BCUT2D eigenvalue weighted by Crippen LogP contribution is 2.26. The number of rotatable bonds is 6. The SMILES string of the molecule is CCCN(C(=O)c1cc(OC)cc(OC)c1)[C@@H]1CCS(=O)(=O)C1. The largest absolute Gasteiger partial charge is 0.497 e. The number of amides is 1. The molecule has 7 heteroatoms. The van der Waals surface area contributed by atoms with Gasteiger partial charge in [-0.3, -0.25) is 4.79 Å². The maximum Gasteiger partial charge on any atom is 0.254 e. The van der Waals surface area contributed by atoms with Gasteiger partial charge in [0.1, 0.15) is 11.5 Å². The van der Waals surface area contributed by atoms with Gasteiger partial charge in [0, 0.05) is 24.2 Å². The Kier molecular flexibility index (Phi) is 5.51. The van der Waals surface area contributed by atoms with Crippen molar-refractivity contribution in [2.24, 2.45) is 0 Å². The van der Waals surface area contributed by atoms with E-state index < -0.39 is 9.84 Å². The number of hydrogen-bond donors (Lipinski definition) is 0. The fraction of sp³-hybridized carbons (Fsp3) is 0.562. The van der Waals surface area contributed by atoms with E-state index in [-0.39, 0.29) is 23.5 Å². The molecule has 0 N–H and O–H groups in total. The highest BCUT2D eigenvalue weighted by atomic mass is 32.2. The molecule has 1 aliphatic rings. The van der Waals surface area contributed by atoms with Crippen molar-refractivity contribution >= 4 is 15.7 Å². The summed E-state index contributed by atoms with van der Waals surface area (Å²) in [5.41, 5.74) is 0.443. The zero-order chi connectivity index (χ0) is 17.0. The third kappa shape index (κ3) is 4.16. The molecule has 1 saturated heterocycles. The minimum atomic E-state index is -3.04. The van der Waals surface area contributed by atoms with E-state index in [9.17, 15) is 13.2 Å². The molecule has 23 heavy (non-hydrogen) atoms. The van der Waals surface area contributed by atoms with Crippen LogP contribution in [0.3, 0.4) is 0 Å². The van der Waals surface area contributed by atoms with Crippen LogP contribution in [0.25, 0.3) is 0 Å². The molecule has 1 heterocycles. The van der Waals surface area contributed by atoms with Crippen molar-refractivity contribution in [3.05, 3.63) is 23.8 Å². The Balaban J connectivity index is 2.31. The van der Waals surface area contributed by atoms with Crippen molar-refractivity contribution in [3.63, 3.8) is 0 Å². The predicted octanol–water partition coefficient (Wildman–Crippen LogP) is 1.74. The second kappa shape index (κ2) is 7.21. The first kappa shape index (κ1) is 17.6. The molecule has 1 aliphatic heterocycles.